The third kappa shape index (κ3) is 2.35. The molecule has 1 aromatic heterocycles. The average Bonchev–Trinajstić information content (AvgIpc) is 2.72. The van der Waals surface area contributed by atoms with Crippen LogP contribution in [-0.4, -0.2) is 27.2 Å². The highest BCUT2D eigenvalue weighted by Crippen LogP contribution is 2.13. The number of hydrogen-bond donors (Lipinski definition) is 1. The Kier molecular flexibility index (Phi) is 3.51. The van der Waals surface area contributed by atoms with E-state index in [1.54, 1.807) is 11.8 Å². The fourth-order valence-corrected chi connectivity index (χ4v) is 1.67. The minimum atomic E-state index is -0.0708. The fourth-order valence-electron chi connectivity index (χ4n) is 1.67. The molecule has 0 fully saturated rings. The summed E-state index contributed by atoms with van der Waals surface area (Å²) < 4.78 is 6.69. The van der Waals surface area contributed by atoms with Gasteiger partial charge < -0.3 is 9.84 Å². The molecule has 2 aromatic rings. The molecule has 1 N–H and O–H groups in total. The summed E-state index contributed by atoms with van der Waals surface area (Å²) in [6.45, 7) is 2.34. The van der Waals surface area contributed by atoms with Crippen LogP contribution in [0.25, 0.3) is 5.69 Å². The Hall–Kier alpha value is -1.72. The van der Waals surface area contributed by atoms with Crippen molar-refractivity contribution in [2.24, 2.45) is 0 Å². The topological polar surface area (TPSA) is 60.2 Å². The van der Waals surface area contributed by atoms with E-state index in [9.17, 15) is 5.11 Å². The van der Waals surface area contributed by atoms with Crippen LogP contribution in [0.1, 0.15) is 17.0 Å². The Bertz CT molecular complexity index is 491. The minimum Gasteiger partial charge on any atom is -0.390 e. The summed E-state index contributed by atoms with van der Waals surface area (Å²) >= 11 is 0. The van der Waals surface area contributed by atoms with Gasteiger partial charge in [0.25, 0.3) is 0 Å². The van der Waals surface area contributed by atoms with Crippen molar-refractivity contribution >= 4 is 0 Å². The number of aliphatic hydroxyl groups excluding tert-OH is 1. The number of hydrogen-bond acceptors (Lipinski definition) is 4. The largest absolute Gasteiger partial charge is 0.390 e. The molecule has 0 aliphatic rings. The van der Waals surface area contributed by atoms with Gasteiger partial charge >= 0.3 is 0 Å². The van der Waals surface area contributed by atoms with Gasteiger partial charge in [-0.1, -0.05) is 17.3 Å². The highest BCUT2D eigenvalue weighted by Gasteiger charge is 2.09. The molecule has 0 unspecified atom stereocenters. The average molecular weight is 233 g/mol. The Labute approximate surface area is 99.7 Å². The molecule has 0 saturated heterocycles. The van der Waals surface area contributed by atoms with Gasteiger partial charge in [-0.25, -0.2) is 4.68 Å². The zero-order valence-corrected chi connectivity index (χ0v) is 9.92. The van der Waals surface area contributed by atoms with Crippen molar-refractivity contribution in [3.05, 3.63) is 41.2 Å². The second-order valence-electron chi connectivity index (χ2n) is 3.79. The number of aromatic nitrogens is 3. The quantitative estimate of drug-likeness (QED) is 0.862. The highest BCUT2D eigenvalue weighted by atomic mass is 16.5. The first-order valence-electron chi connectivity index (χ1n) is 5.36. The molecule has 0 atom stereocenters. The van der Waals surface area contributed by atoms with Crippen molar-refractivity contribution in [1.29, 1.82) is 0 Å². The lowest BCUT2D eigenvalue weighted by atomic mass is 10.2. The van der Waals surface area contributed by atoms with E-state index in [0.29, 0.717) is 12.3 Å². The van der Waals surface area contributed by atoms with Gasteiger partial charge in [-0.2, -0.15) is 0 Å². The third-order valence-electron chi connectivity index (χ3n) is 2.60. The summed E-state index contributed by atoms with van der Waals surface area (Å²) in [6.07, 6.45) is 0. The molecule has 5 heteroatoms. The summed E-state index contributed by atoms with van der Waals surface area (Å²) in [7, 11) is 1.67. The van der Waals surface area contributed by atoms with Gasteiger partial charge in [0.2, 0.25) is 0 Å². The standard InChI is InChI=1S/C12H15N3O2/c1-9-12(7-16)15(14-13-9)11-5-3-10(4-6-11)8-17-2/h3-6,16H,7-8H2,1-2H3. The number of aryl methyl sites for hydroxylation is 1. The first-order chi connectivity index (χ1) is 8.26. The van der Waals surface area contributed by atoms with Gasteiger partial charge in [-0.3, -0.25) is 0 Å². The van der Waals surface area contributed by atoms with Gasteiger partial charge in [-0.05, 0) is 24.6 Å². The van der Waals surface area contributed by atoms with Crippen LogP contribution in [0.15, 0.2) is 24.3 Å². The minimum absolute atomic E-state index is 0.0708. The van der Waals surface area contributed by atoms with Crippen LogP contribution in [-0.2, 0) is 18.0 Å². The Morgan fingerprint density at radius 1 is 1.29 bits per heavy atom. The van der Waals surface area contributed by atoms with Gasteiger partial charge in [0, 0.05) is 7.11 Å². The lowest BCUT2D eigenvalue weighted by Gasteiger charge is -2.06. The number of rotatable bonds is 4. The Morgan fingerprint density at radius 3 is 2.59 bits per heavy atom. The molecule has 0 amide bonds. The van der Waals surface area contributed by atoms with Gasteiger partial charge in [0.05, 0.1) is 30.3 Å². The molecule has 1 heterocycles. The zero-order valence-electron chi connectivity index (χ0n) is 9.92. The van der Waals surface area contributed by atoms with Gasteiger partial charge in [0.1, 0.15) is 0 Å². The number of benzene rings is 1. The monoisotopic (exact) mass is 233 g/mol. The normalized spacial score (nSPS) is 10.8. The first-order valence-corrected chi connectivity index (χ1v) is 5.36. The van der Waals surface area contributed by atoms with Gasteiger partial charge in [0.15, 0.2) is 0 Å². The van der Waals surface area contributed by atoms with Gasteiger partial charge in [-0.15, -0.1) is 5.10 Å². The molecule has 90 valence electrons. The molecule has 0 radical (unpaired) electrons. The summed E-state index contributed by atoms with van der Waals surface area (Å²) in [5, 5.41) is 17.2. The summed E-state index contributed by atoms with van der Waals surface area (Å²) in [5.74, 6) is 0. The maximum atomic E-state index is 9.27. The van der Waals surface area contributed by atoms with E-state index in [1.165, 1.54) is 0 Å². The molecule has 0 spiro atoms. The van der Waals surface area contributed by atoms with E-state index < -0.39 is 0 Å². The predicted octanol–water partition coefficient (Wildman–Crippen LogP) is 1.21. The molecule has 17 heavy (non-hydrogen) atoms. The Balaban J connectivity index is 2.33. The van der Waals surface area contributed by atoms with E-state index in [1.807, 2.05) is 31.2 Å². The fraction of sp³-hybridized carbons (Fsp3) is 0.333. The van der Waals surface area contributed by atoms with Crippen LogP contribution in [0.3, 0.4) is 0 Å². The molecule has 0 bridgehead atoms. The molecular formula is C12H15N3O2. The van der Waals surface area contributed by atoms with Crippen molar-refractivity contribution in [2.75, 3.05) is 7.11 Å². The number of methoxy groups -OCH3 is 1. The molecule has 2 rings (SSSR count). The third-order valence-corrected chi connectivity index (χ3v) is 2.60. The second kappa shape index (κ2) is 5.07. The SMILES string of the molecule is COCc1ccc(-n2nnc(C)c2CO)cc1. The van der Waals surface area contributed by atoms with Crippen LogP contribution in [0.5, 0.6) is 0 Å². The predicted molar refractivity (Wildman–Crippen MR) is 62.7 cm³/mol. The maximum Gasteiger partial charge on any atom is 0.0929 e. The molecule has 0 aliphatic heterocycles. The molecular weight excluding hydrogens is 218 g/mol. The van der Waals surface area contributed by atoms with E-state index in [4.69, 9.17) is 4.74 Å². The molecule has 1 aromatic carbocycles. The zero-order chi connectivity index (χ0) is 12.3. The summed E-state index contributed by atoms with van der Waals surface area (Å²) in [5.41, 5.74) is 3.44. The van der Waals surface area contributed by atoms with Crippen LogP contribution in [0.2, 0.25) is 0 Å². The van der Waals surface area contributed by atoms with Crippen molar-refractivity contribution in [3.8, 4) is 5.69 Å². The highest BCUT2D eigenvalue weighted by molar-refractivity contribution is 5.35. The van der Waals surface area contributed by atoms with Crippen LogP contribution in [0, 0.1) is 6.92 Å². The summed E-state index contributed by atoms with van der Waals surface area (Å²) in [4.78, 5) is 0. The van der Waals surface area contributed by atoms with Crippen molar-refractivity contribution in [2.45, 2.75) is 20.1 Å². The lowest BCUT2D eigenvalue weighted by Crippen LogP contribution is -2.03. The molecule has 5 nitrogen and oxygen atoms in total. The smallest absolute Gasteiger partial charge is 0.0929 e. The van der Waals surface area contributed by atoms with E-state index in [2.05, 4.69) is 10.3 Å². The number of aliphatic hydroxyl groups is 1. The lowest BCUT2D eigenvalue weighted by molar-refractivity contribution is 0.185. The van der Waals surface area contributed by atoms with E-state index in [0.717, 1.165) is 16.9 Å². The van der Waals surface area contributed by atoms with E-state index >= 15 is 0 Å². The van der Waals surface area contributed by atoms with Crippen molar-refractivity contribution in [3.63, 3.8) is 0 Å². The van der Waals surface area contributed by atoms with E-state index in [-0.39, 0.29) is 6.61 Å². The number of ether oxygens (including phenoxy) is 1. The summed E-state index contributed by atoms with van der Waals surface area (Å²) in [6, 6.07) is 7.80. The van der Waals surface area contributed by atoms with Crippen molar-refractivity contribution in [1.82, 2.24) is 15.0 Å². The van der Waals surface area contributed by atoms with Crippen LogP contribution in [0.4, 0.5) is 0 Å². The first kappa shape index (κ1) is 11.8. The van der Waals surface area contributed by atoms with Crippen molar-refractivity contribution < 1.29 is 9.84 Å². The van der Waals surface area contributed by atoms with Crippen LogP contribution < -0.4 is 0 Å². The Morgan fingerprint density at radius 2 is 2.00 bits per heavy atom. The molecule has 0 aliphatic carbocycles. The number of nitrogens with zero attached hydrogens (tertiary/aromatic N) is 3. The molecule has 0 saturated carbocycles. The second-order valence-corrected chi connectivity index (χ2v) is 3.79. The van der Waals surface area contributed by atoms with Crippen LogP contribution >= 0.6 is 0 Å². The maximum absolute atomic E-state index is 9.27.